The van der Waals surface area contributed by atoms with E-state index in [0.717, 1.165) is 57.8 Å². The van der Waals surface area contributed by atoms with Gasteiger partial charge in [-0.2, -0.15) is 0 Å². The lowest BCUT2D eigenvalue weighted by Crippen LogP contribution is -2.45. The van der Waals surface area contributed by atoms with Gasteiger partial charge in [0.25, 0.3) is 11.8 Å². The predicted octanol–water partition coefficient (Wildman–Crippen LogP) is 6.40. The molecule has 10 nitrogen and oxygen atoms in total. The Kier molecular flexibility index (Phi) is 17.3. The largest absolute Gasteiger partial charge is 0.507 e. The Morgan fingerprint density at radius 3 is 1.52 bits per heavy atom. The van der Waals surface area contributed by atoms with E-state index in [1.54, 1.807) is 31.2 Å². The number of unbranched alkanes of at least 4 members (excludes halogenated alkanes) is 6. The Morgan fingerprint density at radius 1 is 0.587 bits per heavy atom. The van der Waals surface area contributed by atoms with E-state index in [0.29, 0.717) is 43.2 Å². The third-order valence-electron chi connectivity index (χ3n) is 8.35. The normalized spacial score (nSPS) is 12.2. The van der Waals surface area contributed by atoms with Crippen LogP contribution in [0.2, 0.25) is 0 Å². The van der Waals surface area contributed by atoms with Crippen molar-refractivity contribution in [2.45, 2.75) is 118 Å². The zero-order valence-corrected chi connectivity index (χ0v) is 28.0. The van der Waals surface area contributed by atoms with Gasteiger partial charge in [-0.3, -0.25) is 40.9 Å². The predicted molar refractivity (Wildman–Crippen MR) is 180 cm³/mol. The Bertz CT molecular complexity index is 1280. The van der Waals surface area contributed by atoms with Crippen LogP contribution in [0.4, 0.5) is 0 Å². The number of hydrazine groups is 2. The maximum absolute atomic E-state index is 13.1. The molecule has 0 aliphatic carbocycles. The Morgan fingerprint density at radius 2 is 1.04 bits per heavy atom. The van der Waals surface area contributed by atoms with Gasteiger partial charge in [0.15, 0.2) is 0 Å². The lowest BCUT2D eigenvalue weighted by Gasteiger charge is -2.20. The van der Waals surface area contributed by atoms with Crippen molar-refractivity contribution in [1.82, 2.24) is 21.7 Å². The molecule has 0 fully saturated rings. The molecule has 0 saturated carbocycles. The molecule has 2 rings (SSSR count). The van der Waals surface area contributed by atoms with Crippen LogP contribution >= 0.6 is 0 Å². The fourth-order valence-corrected chi connectivity index (χ4v) is 5.31. The quantitative estimate of drug-likeness (QED) is 0.0773. The van der Waals surface area contributed by atoms with Crippen molar-refractivity contribution >= 4 is 23.6 Å². The number of rotatable bonds is 19. The molecular formula is C36H54N4O6. The highest BCUT2D eigenvalue weighted by Crippen LogP contribution is 2.26. The molecule has 0 spiro atoms. The number of hydrogen-bond donors (Lipinski definition) is 6. The summed E-state index contributed by atoms with van der Waals surface area (Å²) in [7, 11) is 0. The number of para-hydroxylation sites is 2. The van der Waals surface area contributed by atoms with E-state index in [1.807, 2.05) is 0 Å². The van der Waals surface area contributed by atoms with Gasteiger partial charge < -0.3 is 10.2 Å². The first-order valence-electron chi connectivity index (χ1n) is 17.0. The molecule has 2 aromatic carbocycles. The molecule has 0 aliphatic heterocycles. The highest BCUT2D eigenvalue weighted by Gasteiger charge is 2.23. The van der Waals surface area contributed by atoms with Crippen molar-refractivity contribution in [2.24, 2.45) is 11.8 Å². The van der Waals surface area contributed by atoms with Gasteiger partial charge in [0.2, 0.25) is 11.8 Å². The summed E-state index contributed by atoms with van der Waals surface area (Å²) >= 11 is 0. The van der Waals surface area contributed by atoms with Crippen LogP contribution in [-0.2, 0) is 22.4 Å². The fraction of sp³-hybridized carbons (Fsp3) is 0.556. The second kappa shape index (κ2) is 20.9. The number of benzene rings is 2. The summed E-state index contributed by atoms with van der Waals surface area (Å²) in [5.74, 6) is -3.11. The lowest BCUT2D eigenvalue weighted by atomic mass is 9.91. The average Bonchev–Trinajstić information content (AvgIpc) is 3.05. The number of hydrogen-bond acceptors (Lipinski definition) is 6. The van der Waals surface area contributed by atoms with Crippen molar-refractivity contribution < 1.29 is 29.4 Å². The number of phenols is 2. The summed E-state index contributed by atoms with van der Waals surface area (Å²) in [5, 5.41) is 21.2. The van der Waals surface area contributed by atoms with Crippen LogP contribution in [0.1, 0.15) is 137 Å². The molecule has 2 unspecified atom stereocenters. The van der Waals surface area contributed by atoms with E-state index in [-0.39, 0.29) is 28.5 Å². The minimum Gasteiger partial charge on any atom is -0.507 e. The number of aryl methyl sites for hydroxylation is 2. The molecule has 0 heterocycles. The Labute approximate surface area is 274 Å². The number of carbonyl (C=O) groups excluding carboxylic acids is 4. The summed E-state index contributed by atoms with van der Waals surface area (Å²) in [5.41, 5.74) is 11.4. The van der Waals surface area contributed by atoms with Gasteiger partial charge in [0.05, 0.1) is 11.1 Å². The van der Waals surface area contributed by atoms with Crippen molar-refractivity contribution in [3.05, 3.63) is 58.7 Å². The van der Waals surface area contributed by atoms with Crippen molar-refractivity contribution in [2.75, 3.05) is 0 Å². The molecule has 254 valence electrons. The van der Waals surface area contributed by atoms with E-state index in [9.17, 15) is 29.4 Å². The smallest absolute Gasteiger partial charge is 0.273 e. The molecule has 4 amide bonds. The first-order chi connectivity index (χ1) is 22.1. The molecule has 0 bridgehead atoms. The summed E-state index contributed by atoms with van der Waals surface area (Å²) in [6, 6.07) is 10.0. The van der Waals surface area contributed by atoms with Crippen LogP contribution in [0, 0.1) is 11.8 Å². The summed E-state index contributed by atoms with van der Waals surface area (Å²) in [6.45, 7) is 7.98. The van der Waals surface area contributed by atoms with Crippen molar-refractivity contribution in [1.29, 1.82) is 0 Å². The molecule has 0 radical (unpaired) electrons. The van der Waals surface area contributed by atoms with E-state index >= 15 is 0 Å². The minimum atomic E-state index is -0.611. The van der Waals surface area contributed by atoms with Crippen LogP contribution < -0.4 is 21.7 Å². The SMILES string of the molecule is CCCCCc1cccc(C(=O)NNC(=O)C(C)CCC(CCCCC)C(=O)NNC(=O)c2cccc(CCCCC)c2O)c1O. The highest BCUT2D eigenvalue weighted by molar-refractivity contribution is 5.99. The number of aromatic hydroxyl groups is 2. The van der Waals surface area contributed by atoms with Gasteiger partial charge in [-0.15, -0.1) is 0 Å². The van der Waals surface area contributed by atoms with E-state index in [1.165, 1.54) is 12.1 Å². The lowest BCUT2D eigenvalue weighted by molar-refractivity contribution is -0.128. The van der Waals surface area contributed by atoms with Gasteiger partial charge in [-0.25, -0.2) is 0 Å². The number of nitrogens with one attached hydrogen (secondary N) is 4. The third kappa shape index (κ3) is 12.4. The molecule has 2 aromatic rings. The topological polar surface area (TPSA) is 157 Å². The summed E-state index contributed by atoms with van der Waals surface area (Å²) in [4.78, 5) is 51.5. The molecule has 46 heavy (non-hydrogen) atoms. The standard InChI is InChI=1S/C36H54N4O6/c1-5-8-11-16-26-19-14-21-29(31(26)41)35(45)39-37-33(43)25(4)23-24-28(18-13-10-7-3)34(44)38-40-36(46)30-22-15-20-27(32(30)42)17-12-9-6-2/h14-15,19-22,25,28,41-42H,5-13,16-18,23-24H2,1-4H3,(H,37,43)(H,38,44)(H,39,45)(H,40,46). The highest BCUT2D eigenvalue weighted by atomic mass is 16.3. The van der Waals surface area contributed by atoms with E-state index in [2.05, 4.69) is 42.5 Å². The molecule has 6 N–H and O–H groups in total. The second-order valence-corrected chi connectivity index (χ2v) is 12.1. The zero-order valence-electron chi connectivity index (χ0n) is 28.0. The van der Waals surface area contributed by atoms with Gasteiger partial charge in [0, 0.05) is 11.8 Å². The monoisotopic (exact) mass is 638 g/mol. The fourth-order valence-electron chi connectivity index (χ4n) is 5.31. The van der Waals surface area contributed by atoms with Gasteiger partial charge in [-0.05, 0) is 68.2 Å². The molecular weight excluding hydrogens is 584 g/mol. The van der Waals surface area contributed by atoms with Crippen LogP contribution in [0.5, 0.6) is 11.5 Å². The average molecular weight is 639 g/mol. The van der Waals surface area contributed by atoms with E-state index < -0.39 is 29.6 Å². The van der Waals surface area contributed by atoms with E-state index in [4.69, 9.17) is 0 Å². The first kappa shape index (κ1) is 38.1. The Hall–Kier alpha value is -4.08. The van der Waals surface area contributed by atoms with Crippen molar-refractivity contribution in [3.63, 3.8) is 0 Å². The number of amides is 4. The van der Waals surface area contributed by atoms with Crippen LogP contribution in [-0.4, -0.2) is 33.8 Å². The summed E-state index contributed by atoms with van der Waals surface area (Å²) in [6.07, 6.45) is 11.4. The molecule has 0 aliphatic rings. The zero-order chi connectivity index (χ0) is 33.9. The second-order valence-electron chi connectivity index (χ2n) is 12.1. The maximum Gasteiger partial charge on any atom is 0.273 e. The molecule has 0 saturated heterocycles. The molecule has 0 aromatic heterocycles. The maximum atomic E-state index is 13.1. The van der Waals surface area contributed by atoms with Crippen LogP contribution in [0.25, 0.3) is 0 Å². The van der Waals surface area contributed by atoms with Gasteiger partial charge in [0.1, 0.15) is 11.5 Å². The van der Waals surface area contributed by atoms with Crippen molar-refractivity contribution in [3.8, 4) is 11.5 Å². The molecule has 10 heteroatoms. The Balaban J connectivity index is 1.93. The van der Waals surface area contributed by atoms with Gasteiger partial charge >= 0.3 is 0 Å². The summed E-state index contributed by atoms with van der Waals surface area (Å²) < 4.78 is 0. The third-order valence-corrected chi connectivity index (χ3v) is 8.35. The number of carbonyl (C=O) groups is 4. The number of phenolic OH excluding ortho intramolecular Hbond substituents is 2. The van der Waals surface area contributed by atoms with Crippen LogP contribution in [0.3, 0.4) is 0 Å². The molecule has 2 atom stereocenters. The minimum absolute atomic E-state index is 0.0772. The van der Waals surface area contributed by atoms with Gasteiger partial charge in [-0.1, -0.05) is 96.9 Å². The van der Waals surface area contributed by atoms with Crippen LogP contribution in [0.15, 0.2) is 36.4 Å². The first-order valence-corrected chi connectivity index (χ1v) is 17.0.